The maximum absolute atomic E-state index is 13.1. The molecule has 0 N–H and O–H groups in total. The van der Waals surface area contributed by atoms with Crippen molar-refractivity contribution < 1.29 is 23.8 Å². The predicted octanol–water partition coefficient (Wildman–Crippen LogP) is 7.83. The number of nitrogens with zero attached hydrogens (tertiary/aromatic N) is 1. The third kappa shape index (κ3) is 5.77. The van der Waals surface area contributed by atoms with Gasteiger partial charge in [-0.1, -0.05) is 41.4 Å². The maximum atomic E-state index is 13.1. The van der Waals surface area contributed by atoms with Gasteiger partial charge in [-0.25, -0.2) is 4.90 Å². The number of ether oxygens (including phenoxy) is 3. The molecule has 0 radical (unpaired) electrons. The molecule has 3 aromatic carbocycles. The number of carbonyl (C=O) groups is 2. The molecule has 0 aliphatic carbocycles. The Morgan fingerprint density at radius 1 is 1.03 bits per heavy atom. The van der Waals surface area contributed by atoms with E-state index in [-0.39, 0.29) is 6.61 Å². The van der Waals surface area contributed by atoms with Crippen LogP contribution >= 0.6 is 57.6 Å². The van der Waals surface area contributed by atoms with Crippen molar-refractivity contribution in [2.75, 3.05) is 18.6 Å². The summed E-state index contributed by atoms with van der Waals surface area (Å²) in [5, 5.41) is 0.668. The molecule has 0 spiro atoms. The molecule has 0 atom stereocenters. The number of amides is 2. The Morgan fingerprint density at radius 3 is 2.53 bits per heavy atom. The molecule has 1 aliphatic rings. The SMILES string of the molecule is CCOc1cc(/C=C2\SC(=O)N(c3ccccc3OC)C2=O)cc(I)c1OCc1ccc(Cl)cc1Cl. The van der Waals surface area contributed by atoms with E-state index in [4.69, 9.17) is 37.4 Å². The van der Waals surface area contributed by atoms with Crippen LogP contribution in [-0.2, 0) is 11.4 Å². The second-order valence-electron chi connectivity index (χ2n) is 7.48. The van der Waals surface area contributed by atoms with Crippen LogP contribution in [0.3, 0.4) is 0 Å². The van der Waals surface area contributed by atoms with Crippen molar-refractivity contribution >= 4 is 80.5 Å². The smallest absolute Gasteiger partial charge is 0.298 e. The van der Waals surface area contributed by atoms with Gasteiger partial charge >= 0.3 is 0 Å². The summed E-state index contributed by atoms with van der Waals surface area (Å²) in [6, 6.07) is 15.8. The average molecular weight is 656 g/mol. The summed E-state index contributed by atoms with van der Waals surface area (Å²) in [6.45, 7) is 2.52. The first-order valence-corrected chi connectivity index (χ1v) is 13.4. The molecule has 1 saturated heterocycles. The minimum absolute atomic E-state index is 0.225. The largest absolute Gasteiger partial charge is 0.495 e. The van der Waals surface area contributed by atoms with Gasteiger partial charge < -0.3 is 14.2 Å². The van der Waals surface area contributed by atoms with E-state index in [0.717, 1.165) is 25.8 Å². The van der Waals surface area contributed by atoms with Crippen molar-refractivity contribution in [2.24, 2.45) is 0 Å². The van der Waals surface area contributed by atoms with E-state index < -0.39 is 11.1 Å². The number of hydrogen-bond donors (Lipinski definition) is 0. The summed E-state index contributed by atoms with van der Waals surface area (Å²) in [5.74, 6) is 1.10. The fourth-order valence-electron chi connectivity index (χ4n) is 3.50. The molecular weight excluding hydrogens is 636 g/mol. The monoisotopic (exact) mass is 655 g/mol. The van der Waals surface area contributed by atoms with Crippen molar-refractivity contribution in [3.05, 3.63) is 84.2 Å². The van der Waals surface area contributed by atoms with Crippen molar-refractivity contribution in [3.8, 4) is 17.2 Å². The number of benzene rings is 3. The van der Waals surface area contributed by atoms with Crippen molar-refractivity contribution in [1.82, 2.24) is 0 Å². The average Bonchev–Trinajstić information content (AvgIpc) is 3.12. The molecule has 36 heavy (non-hydrogen) atoms. The first-order valence-electron chi connectivity index (χ1n) is 10.8. The lowest BCUT2D eigenvalue weighted by Crippen LogP contribution is -2.28. The number of hydrogen-bond acceptors (Lipinski definition) is 6. The van der Waals surface area contributed by atoms with Gasteiger partial charge in [0.25, 0.3) is 11.1 Å². The van der Waals surface area contributed by atoms with Gasteiger partial charge in [0, 0.05) is 15.6 Å². The van der Waals surface area contributed by atoms with Crippen LogP contribution in [0.25, 0.3) is 6.08 Å². The lowest BCUT2D eigenvalue weighted by Gasteiger charge is -2.16. The molecule has 0 aromatic heterocycles. The van der Waals surface area contributed by atoms with E-state index in [0.29, 0.717) is 50.1 Å². The van der Waals surface area contributed by atoms with E-state index in [9.17, 15) is 9.59 Å². The Hall–Kier alpha value is -2.40. The van der Waals surface area contributed by atoms with Gasteiger partial charge in [-0.2, -0.15) is 0 Å². The second kappa shape index (κ2) is 11.8. The number of carbonyl (C=O) groups excluding carboxylic acids is 2. The zero-order chi connectivity index (χ0) is 25.8. The standard InChI is InChI=1S/C26H20Cl2INO5S/c1-3-34-22-11-15(10-19(29)24(22)35-14-16-8-9-17(27)13-18(16)28)12-23-25(31)30(26(32)36-23)20-6-4-5-7-21(20)33-2/h4-13H,3,14H2,1-2H3/b23-12-. The van der Waals surface area contributed by atoms with E-state index in [1.54, 1.807) is 48.5 Å². The minimum atomic E-state index is -0.417. The van der Waals surface area contributed by atoms with Gasteiger partial charge in [0.05, 0.1) is 27.9 Å². The highest BCUT2D eigenvalue weighted by atomic mass is 127. The van der Waals surface area contributed by atoms with E-state index in [1.165, 1.54) is 7.11 Å². The van der Waals surface area contributed by atoms with Crippen LogP contribution in [-0.4, -0.2) is 24.9 Å². The highest BCUT2D eigenvalue weighted by Gasteiger charge is 2.37. The van der Waals surface area contributed by atoms with E-state index in [2.05, 4.69) is 22.6 Å². The zero-order valence-corrected chi connectivity index (χ0v) is 23.7. The molecule has 6 nitrogen and oxygen atoms in total. The van der Waals surface area contributed by atoms with Gasteiger partial charge in [0.2, 0.25) is 0 Å². The Morgan fingerprint density at radius 2 is 1.81 bits per heavy atom. The van der Waals surface area contributed by atoms with Gasteiger partial charge in [-0.15, -0.1) is 0 Å². The number of halogens is 3. The van der Waals surface area contributed by atoms with Gasteiger partial charge in [0.15, 0.2) is 11.5 Å². The molecule has 1 aliphatic heterocycles. The van der Waals surface area contributed by atoms with Crippen LogP contribution in [0, 0.1) is 3.57 Å². The number of anilines is 1. The summed E-state index contributed by atoms with van der Waals surface area (Å²) in [4.78, 5) is 27.3. The number of rotatable bonds is 8. The summed E-state index contributed by atoms with van der Waals surface area (Å²) >= 11 is 15.3. The van der Waals surface area contributed by atoms with Gasteiger partial charge in [-0.05, 0) is 89.3 Å². The van der Waals surface area contributed by atoms with Crippen LogP contribution in [0.15, 0.2) is 59.5 Å². The highest BCUT2D eigenvalue weighted by molar-refractivity contribution is 14.1. The van der Waals surface area contributed by atoms with Crippen molar-refractivity contribution in [2.45, 2.75) is 13.5 Å². The topological polar surface area (TPSA) is 65.1 Å². The molecule has 1 heterocycles. The maximum Gasteiger partial charge on any atom is 0.298 e. The number of thioether (sulfide) groups is 1. The van der Waals surface area contributed by atoms with Crippen LogP contribution in [0.4, 0.5) is 10.5 Å². The van der Waals surface area contributed by atoms with Crippen LogP contribution in [0.5, 0.6) is 17.2 Å². The lowest BCUT2D eigenvalue weighted by atomic mass is 10.1. The molecule has 1 fully saturated rings. The zero-order valence-electron chi connectivity index (χ0n) is 19.2. The normalized spacial score (nSPS) is 14.5. The van der Waals surface area contributed by atoms with E-state index >= 15 is 0 Å². The van der Waals surface area contributed by atoms with Crippen LogP contribution in [0.2, 0.25) is 10.0 Å². The number of para-hydroxylation sites is 2. The summed E-state index contributed by atoms with van der Waals surface area (Å²) in [7, 11) is 1.50. The quantitative estimate of drug-likeness (QED) is 0.182. The van der Waals surface area contributed by atoms with Gasteiger partial charge in [0.1, 0.15) is 12.4 Å². The molecule has 186 valence electrons. The molecule has 0 bridgehead atoms. The number of imide groups is 1. The van der Waals surface area contributed by atoms with Crippen molar-refractivity contribution in [1.29, 1.82) is 0 Å². The molecule has 2 amide bonds. The molecule has 10 heteroatoms. The fraction of sp³-hybridized carbons (Fsp3) is 0.154. The third-order valence-corrected chi connectivity index (χ3v) is 7.39. The Bertz CT molecular complexity index is 1360. The highest BCUT2D eigenvalue weighted by Crippen LogP contribution is 2.41. The fourth-order valence-corrected chi connectivity index (χ4v) is 5.58. The lowest BCUT2D eigenvalue weighted by molar-refractivity contribution is -0.113. The van der Waals surface area contributed by atoms with E-state index in [1.807, 2.05) is 19.1 Å². The number of methoxy groups -OCH3 is 1. The van der Waals surface area contributed by atoms with Crippen molar-refractivity contribution in [3.63, 3.8) is 0 Å². The Kier molecular flexibility index (Phi) is 8.71. The van der Waals surface area contributed by atoms with Crippen LogP contribution in [0.1, 0.15) is 18.1 Å². The van der Waals surface area contributed by atoms with Gasteiger partial charge in [-0.3, -0.25) is 9.59 Å². The Labute approximate surface area is 236 Å². The van der Waals surface area contributed by atoms with Crippen LogP contribution < -0.4 is 19.1 Å². The summed E-state index contributed by atoms with van der Waals surface area (Å²) in [5.41, 5.74) is 1.89. The second-order valence-corrected chi connectivity index (χ2v) is 10.5. The summed E-state index contributed by atoms with van der Waals surface area (Å²) in [6.07, 6.45) is 1.67. The molecule has 3 aromatic rings. The molecule has 4 rings (SSSR count). The molecular formula is C26H20Cl2INO5S. The first-order chi connectivity index (χ1) is 17.3. The summed E-state index contributed by atoms with van der Waals surface area (Å²) < 4.78 is 18.0. The first kappa shape index (κ1) is 26.7. The Balaban J connectivity index is 1.62. The molecule has 0 saturated carbocycles. The molecule has 0 unspecified atom stereocenters. The minimum Gasteiger partial charge on any atom is -0.495 e. The third-order valence-electron chi connectivity index (χ3n) is 5.14. The predicted molar refractivity (Wildman–Crippen MR) is 153 cm³/mol.